The molecule has 5 aromatic rings. The predicted molar refractivity (Wildman–Crippen MR) is 154 cm³/mol. The van der Waals surface area contributed by atoms with Gasteiger partial charge in [-0.2, -0.15) is 0 Å². The van der Waals surface area contributed by atoms with E-state index < -0.39 is 6.29 Å². The van der Waals surface area contributed by atoms with E-state index >= 15 is 0 Å². The highest BCUT2D eigenvalue weighted by molar-refractivity contribution is 7.22. The molecule has 190 valence electrons. The maximum absolute atomic E-state index is 13.3. The van der Waals surface area contributed by atoms with Gasteiger partial charge in [-0.25, -0.2) is 14.8 Å². The zero-order chi connectivity index (χ0) is 26.1. The van der Waals surface area contributed by atoms with Gasteiger partial charge >= 0.3 is 6.03 Å². The summed E-state index contributed by atoms with van der Waals surface area (Å²) in [5.74, 6) is 0. The van der Waals surface area contributed by atoms with Gasteiger partial charge in [-0.05, 0) is 48.2 Å². The number of thiazole rings is 2. The van der Waals surface area contributed by atoms with Gasteiger partial charge in [0, 0.05) is 17.8 Å². The Morgan fingerprint density at radius 2 is 1.79 bits per heavy atom. The van der Waals surface area contributed by atoms with Crippen molar-refractivity contribution in [1.82, 2.24) is 9.97 Å². The molecule has 3 aromatic carbocycles. The molecule has 3 heterocycles. The molecule has 6 rings (SSSR count). The second kappa shape index (κ2) is 10.5. The first-order chi connectivity index (χ1) is 18.5. The van der Waals surface area contributed by atoms with Crippen LogP contribution in [0.2, 0.25) is 0 Å². The minimum Gasteiger partial charge on any atom is -0.363 e. The number of carbonyl (C=O) groups is 1. The van der Waals surface area contributed by atoms with Crippen molar-refractivity contribution in [2.45, 2.75) is 19.1 Å². The fourth-order valence-corrected chi connectivity index (χ4v) is 6.36. The Kier molecular flexibility index (Phi) is 6.73. The minimum atomic E-state index is -1.69. The largest absolute Gasteiger partial charge is 0.363 e. The number of benzene rings is 3. The van der Waals surface area contributed by atoms with E-state index in [2.05, 4.69) is 15.3 Å². The summed E-state index contributed by atoms with van der Waals surface area (Å²) >= 11 is 2.83. The molecule has 1 aliphatic rings. The topological polar surface area (TPSA) is 98.6 Å². The quantitative estimate of drug-likeness (QED) is 0.219. The van der Waals surface area contributed by atoms with Crippen LogP contribution in [0.1, 0.15) is 34.4 Å². The molecule has 0 radical (unpaired) electrons. The Morgan fingerprint density at radius 1 is 0.974 bits per heavy atom. The standard InChI is InChI=1S/C29H24N4O3S2/c34-27(35)25-24(15-12-18-7-2-1-3-8-18)37-26(31-25)20-14-13-19-9-6-16-33(22(19)17-20)29(36)32-28-30-21-10-4-5-11-23(21)38-28/h1-5,7-8,10-15,17,27,34-35H,6,9,16H2,(H,30,32,36)/b15-12+. The highest BCUT2D eigenvalue weighted by atomic mass is 32.1. The van der Waals surface area contributed by atoms with E-state index in [0.717, 1.165) is 45.4 Å². The molecule has 0 aliphatic carbocycles. The van der Waals surface area contributed by atoms with Crippen LogP contribution < -0.4 is 10.2 Å². The van der Waals surface area contributed by atoms with E-state index in [9.17, 15) is 15.0 Å². The van der Waals surface area contributed by atoms with Crippen LogP contribution in [0, 0.1) is 0 Å². The summed E-state index contributed by atoms with van der Waals surface area (Å²) in [7, 11) is 0. The van der Waals surface area contributed by atoms with Crippen LogP contribution in [0.3, 0.4) is 0 Å². The lowest BCUT2D eigenvalue weighted by molar-refractivity contribution is -0.0454. The Hall–Kier alpha value is -3.89. The number of amides is 2. The van der Waals surface area contributed by atoms with Gasteiger partial charge in [0.05, 0.1) is 15.1 Å². The van der Waals surface area contributed by atoms with Gasteiger partial charge in [-0.3, -0.25) is 10.2 Å². The van der Waals surface area contributed by atoms with Crippen molar-refractivity contribution in [2.75, 3.05) is 16.8 Å². The molecule has 38 heavy (non-hydrogen) atoms. The van der Waals surface area contributed by atoms with E-state index in [1.807, 2.05) is 84.9 Å². The second-order valence-corrected chi connectivity index (χ2v) is 11.0. The number of anilines is 2. The summed E-state index contributed by atoms with van der Waals surface area (Å²) in [5.41, 5.74) is 4.80. The molecule has 9 heteroatoms. The molecular formula is C29H24N4O3S2. The summed E-state index contributed by atoms with van der Waals surface area (Å²) in [4.78, 5) is 24.8. The lowest BCUT2D eigenvalue weighted by Gasteiger charge is -2.29. The number of nitrogens with zero attached hydrogens (tertiary/aromatic N) is 3. The number of nitrogens with one attached hydrogen (secondary N) is 1. The summed E-state index contributed by atoms with van der Waals surface area (Å²) in [6, 6.07) is 23.3. The van der Waals surface area contributed by atoms with Crippen LogP contribution in [0.4, 0.5) is 15.6 Å². The number of aliphatic hydroxyl groups excluding tert-OH is 1. The molecule has 2 aromatic heterocycles. The normalized spacial score (nSPS) is 13.4. The number of para-hydroxylation sites is 1. The molecule has 0 unspecified atom stereocenters. The van der Waals surface area contributed by atoms with Crippen molar-refractivity contribution in [1.29, 1.82) is 0 Å². The van der Waals surface area contributed by atoms with Crippen LogP contribution in [-0.2, 0) is 6.42 Å². The third-order valence-corrected chi connectivity index (χ3v) is 8.39. The third kappa shape index (κ3) is 4.97. The third-order valence-electron chi connectivity index (χ3n) is 6.36. The molecule has 2 amide bonds. The number of fused-ring (bicyclic) bond motifs is 2. The second-order valence-electron chi connectivity index (χ2n) is 8.90. The predicted octanol–water partition coefficient (Wildman–Crippen LogP) is 6.56. The Balaban J connectivity index is 1.29. The first kappa shape index (κ1) is 24.4. The first-order valence-corrected chi connectivity index (χ1v) is 13.9. The van der Waals surface area contributed by atoms with Gasteiger partial charge in [0.25, 0.3) is 0 Å². The van der Waals surface area contributed by atoms with Crippen molar-refractivity contribution in [3.05, 3.63) is 94.5 Å². The average Bonchev–Trinajstić information content (AvgIpc) is 3.56. The number of carbonyl (C=O) groups excluding carboxylic acids is 1. The molecule has 0 atom stereocenters. The van der Waals surface area contributed by atoms with Crippen LogP contribution in [0.15, 0.2) is 72.8 Å². The Labute approximate surface area is 227 Å². The fourth-order valence-electron chi connectivity index (χ4n) is 4.51. The Bertz CT molecular complexity index is 1610. The maximum Gasteiger partial charge on any atom is 0.328 e. The fraction of sp³-hybridized carbons (Fsp3) is 0.138. The zero-order valence-corrected chi connectivity index (χ0v) is 21.9. The smallest absolute Gasteiger partial charge is 0.328 e. The van der Waals surface area contributed by atoms with E-state index in [4.69, 9.17) is 0 Å². The molecule has 0 bridgehead atoms. The van der Waals surface area contributed by atoms with Crippen molar-refractivity contribution in [3.8, 4) is 10.6 Å². The lowest BCUT2D eigenvalue weighted by atomic mass is 10.00. The number of hydrogen-bond acceptors (Lipinski definition) is 7. The number of hydrogen-bond donors (Lipinski definition) is 3. The molecule has 0 saturated heterocycles. The maximum atomic E-state index is 13.3. The van der Waals surface area contributed by atoms with Crippen LogP contribution in [0.25, 0.3) is 32.9 Å². The average molecular weight is 541 g/mol. The van der Waals surface area contributed by atoms with E-state index in [-0.39, 0.29) is 11.7 Å². The van der Waals surface area contributed by atoms with Gasteiger partial charge < -0.3 is 10.2 Å². The molecule has 7 nitrogen and oxygen atoms in total. The van der Waals surface area contributed by atoms with Crippen molar-refractivity contribution in [3.63, 3.8) is 0 Å². The molecule has 1 aliphatic heterocycles. The Morgan fingerprint density at radius 3 is 2.61 bits per heavy atom. The molecule has 0 fully saturated rings. The van der Waals surface area contributed by atoms with E-state index in [1.165, 1.54) is 22.7 Å². The minimum absolute atomic E-state index is 0.209. The van der Waals surface area contributed by atoms with Gasteiger partial charge in [-0.1, -0.05) is 72.0 Å². The van der Waals surface area contributed by atoms with E-state index in [0.29, 0.717) is 21.6 Å². The lowest BCUT2D eigenvalue weighted by Crippen LogP contribution is -2.38. The van der Waals surface area contributed by atoms with E-state index in [1.54, 1.807) is 4.90 Å². The molecule has 0 saturated carbocycles. The number of rotatable bonds is 5. The van der Waals surface area contributed by atoms with Crippen molar-refractivity contribution >= 4 is 61.9 Å². The van der Waals surface area contributed by atoms with Gasteiger partial charge in [0.15, 0.2) is 11.4 Å². The van der Waals surface area contributed by atoms with Gasteiger partial charge in [-0.15, -0.1) is 11.3 Å². The summed E-state index contributed by atoms with van der Waals surface area (Å²) in [5, 5.41) is 24.1. The number of urea groups is 1. The van der Waals surface area contributed by atoms with Crippen LogP contribution in [0.5, 0.6) is 0 Å². The van der Waals surface area contributed by atoms with Crippen LogP contribution in [-0.4, -0.2) is 32.8 Å². The van der Waals surface area contributed by atoms with Gasteiger partial charge in [0.2, 0.25) is 0 Å². The monoisotopic (exact) mass is 540 g/mol. The molecule has 0 spiro atoms. The molecular weight excluding hydrogens is 516 g/mol. The summed E-state index contributed by atoms with van der Waals surface area (Å²) in [6.07, 6.45) is 3.83. The van der Waals surface area contributed by atoms with Crippen LogP contribution >= 0.6 is 22.7 Å². The highest BCUT2D eigenvalue weighted by Crippen LogP contribution is 2.37. The summed E-state index contributed by atoms with van der Waals surface area (Å²) in [6.45, 7) is 0.594. The van der Waals surface area contributed by atoms with Crippen molar-refractivity contribution < 1.29 is 15.0 Å². The van der Waals surface area contributed by atoms with Crippen molar-refractivity contribution in [2.24, 2.45) is 0 Å². The summed E-state index contributed by atoms with van der Waals surface area (Å²) < 4.78 is 1.02. The first-order valence-electron chi connectivity index (χ1n) is 12.2. The number of aromatic nitrogens is 2. The number of aliphatic hydroxyl groups is 2. The van der Waals surface area contributed by atoms with Gasteiger partial charge in [0.1, 0.15) is 10.7 Å². The number of aryl methyl sites for hydroxylation is 1. The SMILES string of the molecule is O=C(Nc1nc2ccccc2s1)N1CCCc2ccc(-c3nc(C(O)O)c(/C=C/c4ccccc4)s3)cc21. The highest BCUT2D eigenvalue weighted by Gasteiger charge is 2.25. The zero-order valence-electron chi connectivity index (χ0n) is 20.2. The molecule has 3 N–H and O–H groups in total.